The van der Waals surface area contributed by atoms with Crippen LogP contribution in [0.5, 0.6) is 0 Å². The van der Waals surface area contributed by atoms with E-state index in [0.717, 1.165) is 0 Å². The Balaban J connectivity index is 2.11. The van der Waals surface area contributed by atoms with Crippen LogP contribution >= 0.6 is 11.6 Å². The van der Waals surface area contributed by atoms with E-state index >= 15 is 0 Å². The Morgan fingerprint density at radius 2 is 1.76 bits per heavy atom. The van der Waals surface area contributed by atoms with E-state index in [1.165, 1.54) is 0 Å². The molecule has 2 unspecified atom stereocenters. The summed E-state index contributed by atoms with van der Waals surface area (Å²) in [7, 11) is 0. The van der Waals surface area contributed by atoms with Crippen molar-refractivity contribution in [3.63, 3.8) is 0 Å². The van der Waals surface area contributed by atoms with Gasteiger partial charge in [-0.2, -0.15) is 0 Å². The fourth-order valence-electron chi connectivity index (χ4n) is 2.18. The van der Waals surface area contributed by atoms with Gasteiger partial charge in [0.05, 0.1) is 6.61 Å². The summed E-state index contributed by atoms with van der Waals surface area (Å²) in [6.45, 7) is 1.79. The van der Waals surface area contributed by atoms with Crippen LogP contribution in [0.2, 0.25) is 5.02 Å². The smallest absolute Gasteiger partial charge is 0.331 e. The first-order chi connectivity index (χ1) is 12.0. The predicted molar refractivity (Wildman–Crippen MR) is 95.4 cm³/mol. The van der Waals surface area contributed by atoms with E-state index in [0.29, 0.717) is 16.3 Å². The molecule has 0 bridgehead atoms. The Morgan fingerprint density at radius 3 is 2.36 bits per heavy atom. The molecule has 2 amide bonds. The van der Waals surface area contributed by atoms with Gasteiger partial charge in [0.2, 0.25) is 0 Å². The number of hydrogen-bond acceptors (Lipinski definition) is 4. The van der Waals surface area contributed by atoms with Crippen molar-refractivity contribution < 1.29 is 19.4 Å². The average molecular weight is 363 g/mol. The number of aliphatic hydroxyl groups is 1. The highest BCUT2D eigenvalue weighted by atomic mass is 35.5. The molecule has 6 nitrogen and oxygen atoms in total. The Bertz CT molecular complexity index is 707. The molecule has 0 spiro atoms. The number of benzene rings is 2. The summed E-state index contributed by atoms with van der Waals surface area (Å²) in [4.78, 5) is 24.3. The third kappa shape index (κ3) is 5.48. The molecule has 2 atom stereocenters. The molecule has 0 aliphatic rings. The van der Waals surface area contributed by atoms with E-state index in [2.05, 4.69) is 10.6 Å². The lowest BCUT2D eigenvalue weighted by molar-refractivity contribution is -0.148. The number of aliphatic hydroxyl groups excluding tert-OH is 1. The van der Waals surface area contributed by atoms with E-state index in [4.69, 9.17) is 16.3 Å². The molecule has 0 fully saturated rings. The van der Waals surface area contributed by atoms with E-state index in [1.54, 1.807) is 61.5 Å². The zero-order valence-corrected chi connectivity index (χ0v) is 14.4. The van der Waals surface area contributed by atoms with Crippen LogP contribution in [0, 0.1) is 0 Å². The highest BCUT2D eigenvalue weighted by Crippen LogP contribution is 2.18. The summed E-state index contributed by atoms with van der Waals surface area (Å²) in [5.74, 6) is -0.717. The van der Waals surface area contributed by atoms with Gasteiger partial charge < -0.3 is 20.5 Å². The minimum atomic E-state index is -1.24. The van der Waals surface area contributed by atoms with Gasteiger partial charge in [-0.05, 0) is 36.8 Å². The van der Waals surface area contributed by atoms with Crippen molar-refractivity contribution in [2.75, 3.05) is 11.9 Å². The average Bonchev–Trinajstić information content (AvgIpc) is 2.62. The summed E-state index contributed by atoms with van der Waals surface area (Å²) in [6.07, 6.45) is -1.24. The Morgan fingerprint density at radius 1 is 1.12 bits per heavy atom. The van der Waals surface area contributed by atoms with Gasteiger partial charge in [0, 0.05) is 10.7 Å². The number of hydrogen-bond donors (Lipinski definition) is 3. The lowest BCUT2D eigenvalue weighted by Crippen LogP contribution is -2.47. The third-order valence-electron chi connectivity index (χ3n) is 3.39. The standard InChI is InChI=1S/C18H19ClN2O4/c1-2-25-17(23)15(16(22)12-6-4-3-5-7-12)21-18(24)20-14-10-8-13(19)9-11-14/h3-11,15-16,22H,2H2,1H3,(H2,20,21,24). The summed E-state index contributed by atoms with van der Waals surface area (Å²) < 4.78 is 4.95. The van der Waals surface area contributed by atoms with Crippen LogP contribution in [0.3, 0.4) is 0 Å². The molecule has 0 aliphatic heterocycles. The van der Waals surface area contributed by atoms with E-state index in [1.807, 2.05) is 0 Å². The van der Waals surface area contributed by atoms with Crippen molar-refractivity contribution in [3.05, 3.63) is 65.2 Å². The molecule has 0 radical (unpaired) electrons. The first kappa shape index (κ1) is 18.8. The Kier molecular flexibility index (Phi) is 6.80. The minimum Gasteiger partial charge on any atom is -0.464 e. The molecule has 0 saturated carbocycles. The highest BCUT2D eigenvalue weighted by Gasteiger charge is 2.31. The lowest BCUT2D eigenvalue weighted by Gasteiger charge is -2.23. The van der Waals surface area contributed by atoms with Gasteiger partial charge in [0.1, 0.15) is 6.10 Å². The molecular weight excluding hydrogens is 344 g/mol. The summed E-state index contributed by atoms with van der Waals surface area (Å²) in [5, 5.41) is 16.0. The maximum atomic E-state index is 12.2. The van der Waals surface area contributed by atoms with Crippen LogP contribution < -0.4 is 10.6 Å². The van der Waals surface area contributed by atoms with Crippen molar-refractivity contribution in [3.8, 4) is 0 Å². The molecule has 0 heterocycles. The van der Waals surface area contributed by atoms with Crippen LogP contribution in [-0.2, 0) is 9.53 Å². The van der Waals surface area contributed by atoms with Gasteiger partial charge in [-0.25, -0.2) is 9.59 Å². The SMILES string of the molecule is CCOC(=O)C(NC(=O)Nc1ccc(Cl)cc1)C(O)c1ccccc1. The molecule has 0 aliphatic carbocycles. The number of urea groups is 1. The van der Waals surface area contributed by atoms with Crippen LogP contribution in [-0.4, -0.2) is 29.8 Å². The second-order valence-electron chi connectivity index (χ2n) is 5.19. The molecule has 2 rings (SSSR count). The number of anilines is 1. The second-order valence-corrected chi connectivity index (χ2v) is 5.63. The molecule has 3 N–H and O–H groups in total. The number of nitrogens with one attached hydrogen (secondary N) is 2. The number of carbonyl (C=O) groups is 2. The Labute approximate surface area is 150 Å². The lowest BCUT2D eigenvalue weighted by atomic mass is 10.0. The zero-order valence-electron chi connectivity index (χ0n) is 13.6. The summed E-state index contributed by atoms with van der Waals surface area (Å²) in [6, 6.07) is 13.2. The molecule has 0 saturated heterocycles. The maximum absolute atomic E-state index is 12.2. The number of ether oxygens (including phenoxy) is 1. The minimum absolute atomic E-state index is 0.136. The molecule has 7 heteroatoms. The number of esters is 1. The van der Waals surface area contributed by atoms with Gasteiger partial charge in [0.15, 0.2) is 6.04 Å². The number of carbonyl (C=O) groups excluding carboxylic acids is 2. The number of rotatable bonds is 6. The van der Waals surface area contributed by atoms with Crippen LogP contribution in [0.25, 0.3) is 0 Å². The van der Waals surface area contributed by atoms with Crippen LogP contribution in [0.1, 0.15) is 18.6 Å². The van der Waals surface area contributed by atoms with Gasteiger partial charge in [0.25, 0.3) is 0 Å². The molecule has 132 valence electrons. The van der Waals surface area contributed by atoms with Crippen molar-refractivity contribution >= 4 is 29.3 Å². The van der Waals surface area contributed by atoms with Crippen molar-refractivity contribution in [2.45, 2.75) is 19.1 Å². The second kappa shape index (κ2) is 9.05. The van der Waals surface area contributed by atoms with E-state index < -0.39 is 24.1 Å². The van der Waals surface area contributed by atoms with E-state index in [-0.39, 0.29) is 6.61 Å². The highest BCUT2D eigenvalue weighted by molar-refractivity contribution is 6.30. The first-order valence-corrected chi connectivity index (χ1v) is 8.11. The van der Waals surface area contributed by atoms with Crippen molar-refractivity contribution in [1.82, 2.24) is 5.32 Å². The normalized spacial score (nSPS) is 12.8. The molecule has 2 aromatic rings. The quantitative estimate of drug-likeness (QED) is 0.689. The molecular formula is C18H19ClN2O4. The summed E-state index contributed by atoms with van der Waals surface area (Å²) >= 11 is 5.80. The fourth-order valence-corrected chi connectivity index (χ4v) is 2.31. The monoisotopic (exact) mass is 362 g/mol. The zero-order chi connectivity index (χ0) is 18.2. The topological polar surface area (TPSA) is 87.7 Å². The largest absolute Gasteiger partial charge is 0.464 e. The van der Waals surface area contributed by atoms with Gasteiger partial charge in [-0.1, -0.05) is 41.9 Å². The third-order valence-corrected chi connectivity index (χ3v) is 3.64. The first-order valence-electron chi connectivity index (χ1n) is 7.74. The van der Waals surface area contributed by atoms with Gasteiger partial charge >= 0.3 is 12.0 Å². The van der Waals surface area contributed by atoms with Crippen molar-refractivity contribution in [2.24, 2.45) is 0 Å². The van der Waals surface area contributed by atoms with Crippen molar-refractivity contribution in [1.29, 1.82) is 0 Å². The van der Waals surface area contributed by atoms with Gasteiger partial charge in [-0.15, -0.1) is 0 Å². The Hall–Kier alpha value is -2.57. The molecule has 2 aromatic carbocycles. The van der Waals surface area contributed by atoms with Gasteiger partial charge in [-0.3, -0.25) is 0 Å². The maximum Gasteiger partial charge on any atom is 0.331 e. The fraction of sp³-hybridized carbons (Fsp3) is 0.222. The van der Waals surface area contributed by atoms with E-state index in [9.17, 15) is 14.7 Å². The predicted octanol–water partition coefficient (Wildman–Crippen LogP) is 3.13. The molecule has 25 heavy (non-hydrogen) atoms. The molecule has 0 aromatic heterocycles. The van der Waals surface area contributed by atoms with Crippen LogP contribution in [0.4, 0.5) is 10.5 Å². The number of halogens is 1. The van der Waals surface area contributed by atoms with Crippen LogP contribution in [0.15, 0.2) is 54.6 Å². The number of amides is 2. The summed E-state index contributed by atoms with van der Waals surface area (Å²) in [5.41, 5.74) is 0.992.